The van der Waals surface area contributed by atoms with Crippen molar-refractivity contribution < 1.29 is 4.74 Å². The molecule has 0 unspecified atom stereocenters. The molecule has 0 saturated heterocycles. The Hall–Kier alpha value is -0.540. The molecule has 1 aromatic rings. The first kappa shape index (κ1) is 7.57. The normalized spacial score (nSPS) is 13.1. The van der Waals surface area contributed by atoms with E-state index in [4.69, 9.17) is 10.5 Å². The van der Waals surface area contributed by atoms with Gasteiger partial charge in [0.25, 0.3) is 0 Å². The van der Waals surface area contributed by atoms with Crippen molar-refractivity contribution in [3.63, 3.8) is 0 Å². The van der Waals surface area contributed by atoms with E-state index >= 15 is 0 Å². The standard InChI is InChI=1S/C7H11NOS/c1-5(8)7-6(9-2)3-4-10-7/h3-5H,8H2,1-2H3/t5-/m1/s1. The van der Waals surface area contributed by atoms with Crippen molar-refractivity contribution in [1.29, 1.82) is 0 Å². The number of nitrogens with two attached hydrogens (primary N) is 1. The molecule has 1 heterocycles. The van der Waals surface area contributed by atoms with Crippen molar-refractivity contribution in [1.82, 2.24) is 0 Å². The summed E-state index contributed by atoms with van der Waals surface area (Å²) in [4.78, 5) is 1.11. The van der Waals surface area contributed by atoms with Crippen LogP contribution >= 0.6 is 11.3 Å². The molecule has 2 nitrogen and oxygen atoms in total. The van der Waals surface area contributed by atoms with Gasteiger partial charge in [0.05, 0.1) is 12.0 Å². The van der Waals surface area contributed by atoms with Gasteiger partial charge in [0.2, 0.25) is 0 Å². The van der Waals surface area contributed by atoms with Crippen LogP contribution in [0.2, 0.25) is 0 Å². The molecule has 3 heteroatoms. The predicted octanol–water partition coefficient (Wildman–Crippen LogP) is 1.78. The van der Waals surface area contributed by atoms with Crippen molar-refractivity contribution in [2.75, 3.05) is 7.11 Å². The van der Waals surface area contributed by atoms with Crippen molar-refractivity contribution in [3.05, 3.63) is 16.3 Å². The fourth-order valence-electron chi connectivity index (χ4n) is 0.810. The Morgan fingerprint density at radius 3 is 2.80 bits per heavy atom. The minimum absolute atomic E-state index is 0.0787. The molecule has 0 aromatic carbocycles. The first-order valence-electron chi connectivity index (χ1n) is 3.12. The number of thiophene rings is 1. The van der Waals surface area contributed by atoms with Gasteiger partial charge in [-0.15, -0.1) is 11.3 Å². The average Bonchev–Trinajstić information content (AvgIpc) is 2.33. The van der Waals surface area contributed by atoms with Gasteiger partial charge < -0.3 is 10.5 Å². The largest absolute Gasteiger partial charge is 0.496 e. The Labute approximate surface area is 64.6 Å². The zero-order valence-electron chi connectivity index (χ0n) is 6.13. The van der Waals surface area contributed by atoms with E-state index in [1.165, 1.54) is 0 Å². The monoisotopic (exact) mass is 157 g/mol. The number of hydrogen-bond acceptors (Lipinski definition) is 3. The summed E-state index contributed by atoms with van der Waals surface area (Å²) < 4.78 is 5.08. The van der Waals surface area contributed by atoms with Crippen molar-refractivity contribution in [2.24, 2.45) is 5.73 Å². The lowest BCUT2D eigenvalue weighted by molar-refractivity contribution is 0.410. The molecule has 0 bridgehead atoms. The Balaban J connectivity index is 2.90. The molecule has 56 valence electrons. The van der Waals surface area contributed by atoms with E-state index in [0.29, 0.717) is 0 Å². The number of hydrogen-bond donors (Lipinski definition) is 1. The van der Waals surface area contributed by atoms with Gasteiger partial charge in [0.15, 0.2) is 0 Å². The molecule has 0 saturated carbocycles. The van der Waals surface area contributed by atoms with Gasteiger partial charge in [-0.1, -0.05) is 0 Å². The molecule has 0 spiro atoms. The second kappa shape index (κ2) is 3.03. The Bertz CT molecular complexity index is 207. The molecule has 0 radical (unpaired) electrons. The van der Waals surface area contributed by atoms with Gasteiger partial charge in [-0.05, 0) is 18.4 Å². The Kier molecular flexibility index (Phi) is 2.29. The van der Waals surface area contributed by atoms with Crippen LogP contribution in [0.5, 0.6) is 5.75 Å². The highest BCUT2D eigenvalue weighted by Gasteiger charge is 2.07. The van der Waals surface area contributed by atoms with E-state index in [2.05, 4.69) is 0 Å². The minimum atomic E-state index is 0.0787. The molecule has 1 aromatic heterocycles. The van der Waals surface area contributed by atoms with Gasteiger partial charge in [-0.2, -0.15) is 0 Å². The number of ether oxygens (including phenoxy) is 1. The van der Waals surface area contributed by atoms with Gasteiger partial charge >= 0.3 is 0 Å². The summed E-state index contributed by atoms with van der Waals surface area (Å²) in [5.74, 6) is 0.903. The highest BCUT2D eigenvalue weighted by Crippen LogP contribution is 2.28. The maximum absolute atomic E-state index is 5.66. The lowest BCUT2D eigenvalue weighted by atomic mass is 10.3. The Morgan fingerprint density at radius 1 is 1.70 bits per heavy atom. The van der Waals surface area contributed by atoms with E-state index in [1.807, 2.05) is 18.4 Å². The highest BCUT2D eigenvalue weighted by molar-refractivity contribution is 7.10. The topological polar surface area (TPSA) is 35.2 Å². The number of rotatable bonds is 2. The van der Waals surface area contributed by atoms with Crippen LogP contribution in [0.3, 0.4) is 0 Å². The van der Waals surface area contributed by atoms with Crippen molar-refractivity contribution >= 4 is 11.3 Å². The molecule has 1 atom stereocenters. The Morgan fingerprint density at radius 2 is 2.40 bits per heavy atom. The second-order valence-electron chi connectivity index (χ2n) is 2.14. The van der Waals surface area contributed by atoms with E-state index in [1.54, 1.807) is 18.4 Å². The van der Waals surface area contributed by atoms with Crippen LogP contribution in [-0.2, 0) is 0 Å². The molecular weight excluding hydrogens is 146 g/mol. The molecule has 2 N–H and O–H groups in total. The summed E-state index contributed by atoms with van der Waals surface area (Å²) >= 11 is 1.63. The molecule has 0 aliphatic heterocycles. The molecule has 10 heavy (non-hydrogen) atoms. The van der Waals surface area contributed by atoms with Crippen LogP contribution in [0, 0.1) is 0 Å². The molecule has 0 aliphatic rings. The van der Waals surface area contributed by atoms with Crippen LogP contribution in [0.4, 0.5) is 0 Å². The van der Waals surface area contributed by atoms with Gasteiger partial charge in [0.1, 0.15) is 5.75 Å². The van der Waals surface area contributed by atoms with Gasteiger partial charge in [-0.25, -0.2) is 0 Å². The van der Waals surface area contributed by atoms with Crippen LogP contribution < -0.4 is 10.5 Å². The summed E-state index contributed by atoms with van der Waals surface area (Å²) in [7, 11) is 1.66. The molecule has 0 amide bonds. The fraction of sp³-hybridized carbons (Fsp3) is 0.429. The van der Waals surface area contributed by atoms with Crippen LogP contribution in [0.25, 0.3) is 0 Å². The van der Waals surface area contributed by atoms with E-state index in [-0.39, 0.29) is 6.04 Å². The van der Waals surface area contributed by atoms with Gasteiger partial charge in [0, 0.05) is 6.04 Å². The summed E-state index contributed by atoms with van der Waals surface area (Å²) in [5.41, 5.74) is 5.66. The average molecular weight is 157 g/mol. The first-order valence-corrected chi connectivity index (χ1v) is 4.00. The van der Waals surface area contributed by atoms with E-state index < -0.39 is 0 Å². The third-order valence-electron chi connectivity index (χ3n) is 1.29. The lowest BCUT2D eigenvalue weighted by Gasteiger charge is -2.04. The zero-order valence-corrected chi connectivity index (χ0v) is 6.94. The van der Waals surface area contributed by atoms with Crippen LogP contribution in [0.1, 0.15) is 17.8 Å². The maximum Gasteiger partial charge on any atom is 0.134 e. The maximum atomic E-state index is 5.66. The molecular formula is C7H11NOS. The van der Waals surface area contributed by atoms with Gasteiger partial charge in [-0.3, -0.25) is 0 Å². The summed E-state index contributed by atoms with van der Waals surface area (Å²) in [6.45, 7) is 1.95. The third-order valence-corrected chi connectivity index (χ3v) is 2.39. The van der Waals surface area contributed by atoms with E-state index in [9.17, 15) is 0 Å². The highest BCUT2D eigenvalue weighted by atomic mass is 32.1. The smallest absolute Gasteiger partial charge is 0.134 e. The first-order chi connectivity index (χ1) is 4.75. The third kappa shape index (κ3) is 1.30. The van der Waals surface area contributed by atoms with E-state index in [0.717, 1.165) is 10.6 Å². The molecule has 0 fully saturated rings. The zero-order chi connectivity index (χ0) is 7.56. The summed E-state index contributed by atoms with van der Waals surface area (Å²) in [6, 6.07) is 2.01. The minimum Gasteiger partial charge on any atom is -0.496 e. The SMILES string of the molecule is COc1ccsc1[C@@H](C)N. The molecule has 1 rings (SSSR count). The summed E-state index contributed by atoms with van der Waals surface area (Å²) in [5, 5.41) is 1.98. The van der Waals surface area contributed by atoms with Crippen molar-refractivity contribution in [3.8, 4) is 5.75 Å². The van der Waals surface area contributed by atoms with Crippen LogP contribution in [0.15, 0.2) is 11.4 Å². The predicted molar refractivity (Wildman–Crippen MR) is 43.5 cm³/mol. The van der Waals surface area contributed by atoms with Crippen LogP contribution in [-0.4, -0.2) is 7.11 Å². The fourth-order valence-corrected chi connectivity index (χ4v) is 1.63. The quantitative estimate of drug-likeness (QED) is 0.710. The second-order valence-corrected chi connectivity index (χ2v) is 3.09. The lowest BCUT2D eigenvalue weighted by Crippen LogP contribution is -2.03. The molecule has 0 aliphatic carbocycles. The summed E-state index contributed by atoms with van der Waals surface area (Å²) in [6.07, 6.45) is 0. The number of methoxy groups -OCH3 is 1. The van der Waals surface area contributed by atoms with Crippen molar-refractivity contribution in [2.45, 2.75) is 13.0 Å².